The monoisotopic (exact) mass is 472 g/mol. The maximum Gasteiger partial charge on any atom is 0.573 e. The van der Waals surface area contributed by atoms with Crippen molar-refractivity contribution in [3.05, 3.63) is 53.8 Å². The van der Waals surface area contributed by atoms with E-state index in [0.717, 1.165) is 29.7 Å². The number of nitrogens with zero attached hydrogens (tertiary/aromatic N) is 4. The number of halogens is 4. The average molecular weight is 473 g/mol. The summed E-state index contributed by atoms with van der Waals surface area (Å²) in [6.07, 6.45) is -3.41. The lowest BCUT2D eigenvalue weighted by Crippen LogP contribution is -2.49. The first-order chi connectivity index (χ1) is 14.6. The number of alkyl halides is 3. The van der Waals surface area contributed by atoms with Gasteiger partial charge in [-0.25, -0.2) is 18.4 Å². The van der Waals surface area contributed by atoms with Crippen LogP contribution in [0.3, 0.4) is 0 Å². The topological polar surface area (TPSA) is 75.6 Å². The lowest BCUT2D eigenvalue weighted by atomic mass is 10.2. The summed E-state index contributed by atoms with van der Waals surface area (Å²) in [5.74, 6) is 0.208. The molecular weight excluding hydrogens is 457 g/mol. The summed E-state index contributed by atoms with van der Waals surface area (Å²) >= 11 is 6.01. The second-order valence-corrected chi connectivity index (χ2v) is 9.14. The van der Waals surface area contributed by atoms with Crippen LogP contribution in [-0.4, -0.2) is 55.2 Å². The third-order valence-corrected chi connectivity index (χ3v) is 6.96. The molecule has 1 fully saturated rings. The number of ether oxygens (including phenoxy) is 1. The highest BCUT2D eigenvalue weighted by atomic mass is 35.5. The van der Waals surface area contributed by atoms with Crippen molar-refractivity contribution >= 4 is 38.3 Å². The molecule has 3 aromatic rings. The van der Waals surface area contributed by atoms with E-state index < -0.39 is 22.1 Å². The molecule has 0 aliphatic carbocycles. The van der Waals surface area contributed by atoms with Gasteiger partial charge in [-0.2, -0.15) is 4.31 Å². The highest BCUT2D eigenvalue weighted by molar-refractivity contribution is 7.89. The van der Waals surface area contributed by atoms with Crippen LogP contribution in [0.4, 0.5) is 19.0 Å². The Labute approximate surface area is 181 Å². The van der Waals surface area contributed by atoms with Crippen molar-refractivity contribution < 1.29 is 26.3 Å². The Bertz CT molecular complexity index is 1200. The number of anilines is 1. The van der Waals surface area contributed by atoms with Crippen LogP contribution >= 0.6 is 11.6 Å². The first-order valence-electron chi connectivity index (χ1n) is 9.15. The minimum Gasteiger partial charge on any atom is -0.406 e. The summed E-state index contributed by atoms with van der Waals surface area (Å²) in [4.78, 5) is 10.4. The largest absolute Gasteiger partial charge is 0.573 e. The van der Waals surface area contributed by atoms with Crippen molar-refractivity contribution in [3.8, 4) is 5.75 Å². The number of rotatable bonds is 4. The van der Waals surface area contributed by atoms with Gasteiger partial charge in [0.05, 0.1) is 10.4 Å². The SMILES string of the molecule is O=S(=O)(c1ccc(OC(F)(F)F)cc1)N1CCN(c2ncnc3cc(Cl)ccc23)CC1. The van der Waals surface area contributed by atoms with Crippen LogP contribution in [0.25, 0.3) is 10.9 Å². The second kappa shape index (κ2) is 8.13. The quantitative estimate of drug-likeness (QED) is 0.576. The maximum absolute atomic E-state index is 12.9. The molecule has 0 unspecified atom stereocenters. The third-order valence-electron chi connectivity index (χ3n) is 4.81. The fourth-order valence-corrected chi connectivity index (χ4v) is 4.96. The van der Waals surface area contributed by atoms with Gasteiger partial charge in [0.1, 0.15) is 17.9 Å². The molecule has 12 heteroatoms. The summed E-state index contributed by atoms with van der Waals surface area (Å²) in [6.45, 7) is 1.18. The minimum absolute atomic E-state index is 0.0994. The molecular formula is C19H16ClF3N4O3S. The van der Waals surface area contributed by atoms with E-state index >= 15 is 0 Å². The zero-order valence-electron chi connectivity index (χ0n) is 15.9. The standard InChI is InChI=1S/C19H16ClF3N4O3S/c20-13-1-6-16-17(11-13)24-12-25-18(16)26-7-9-27(10-8-26)31(28,29)15-4-2-14(3-5-15)30-19(21,22)23/h1-6,11-12H,7-10H2. The fraction of sp³-hybridized carbons (Fsp3) is 0.263. The van der Waals surface area contributed by atoms with Gasteiger partial charge in [0.2, 0.25) is 10.0 Å². The fourth-order valence-electron chi connectivity index (χ4n) is 3.37. The van der Waals surface area contributed by atoms with Crippen LogP contribution < -0.4 is 9.64 Å². The summed E-state index contributed by atoms with van der Waals surface area (Å²) in [5, 5.41) is 1.36. The van der Waals surface area contributed by atoms with Crippen molar-refractivity contribution in [1.29, 1.82) is 0 Å². The van der Waals surface area contributed by atoms with E-state index in [4.69, 9.17) is 11.6 Å². The molecule has 1 aliphatic rings. The predicted octanol–water partition coefficient (Wildman–Crippen LogP) is 3.69. The second-order valence-electron chi connectivity index (χ2n) is 6.77. The first-order valence-corrected chi connectivity index (χ1v) is 11.0. The lowest BCUT2D eigenvalue weighted by molar-refractivity contribution is -0.274. The van der Waals surface area contributed by atoms with E-state index in [1.54, 1.807) is 12.1 Å². The van der Waals surface area contributed by atoms with E-state index in [9.17, 15) is 21.6 Å². The summed E-state index contributed by atoms with van der Waals surface area (Å²) < 4.78 is 67.7. The van der Waals surface area contributed by atoms with Crippen LogP contribution in [-0.2, 0) is 10.0 Å². The molecule has 1 saturated heterocycles. The molecule has 31 heavy (non-hydrogen) atoms. The molecule has 4 rings (SSSR count). The molecule has 164 valence electrons. The van der Waals surface area contributed by atoms with E-state index in [2.05, 4.69) is 14.7 Å². The van der Waals surface area contributed by atoms with E-state index in [1.807, 2.05) is 11.0 Å². The average Bonchev–Trinajstić information content (AvgIpc) is 2.72. The number of aromatic nitrogens is 2. The number of piperazine rings is 1. The highest BCUT2D eigenvalue weighted by Gasteiger charge is 2.32. The van der Waals surface area contributed by atoms with Gasteiger partial charge in [0.25, 0.3) is 0 Å². The predicted molar refractivity (Wildman–Crippen MR) is 109 cm³/mol. The van der Waals surface area contributed by atoms with Crippen molar-refractivity contribution in [2.45, 2.75) is 11.3 Å². The molecule has 2 aromatic carbocycles. The smallest absolute Gasteiger partial charge is 0.406 e. The van der Waals surface area contributed by atoms with Crippen LogP contribution in [0, 0.1) is 0 Å². The summed E-state index contributed by atoms with van der Waals surface area (Å²) in [6, 6.07) is 9.46. The number of fused-ring (bicyclic) bond motifs is 1. The lowest BCUT2D eigenvalue weighted by Gasteiger charge is -2.35. The highest BCUT2D eigenvalue weighted by Crippen LogP contribution is 2.28. The van der Waals surface area contributed by atoms with Crippen molar-refractivity contribution in [2.24, 2.45) is 0 Å². The van der Waals surface area contributed by atoms with Gasteiger partial charge < -0.3 is 9.64 Å². The number of hydrogen-bond acceptors (Lipinski definition) is 6. The summed E-state index contributed by atoms with van der Waals surface area (Å²) in [5.41, 5.74) is 0.689. The summed E-state index contributed by atoms with van der Waals surface area (Å²) in [7, 11) is -3.86. The van der Waals surface area contributed by atoms with Gasteiger partial charge in [-0.3, -0.25) is 0 Å². The number of sulfonamides is 1. The Kier molecular flexibility index (Phi) is 5.67. The molecule has 0 radical (unpaired) electrons. The minimum atomic E-state index is -4.84. The molecule has 0 N–H and O–H groups in total. The van der Waals surface area contributed by atoms with E-state index in [-0.39, 0.29) is 18.0 Å². The Morgan fingerprint density at radius 2 is 1.65 bits per heavy atom. The number of hydrogen-bond donors (Lipinski definition) is 0. The molecule has 2 heterocycles. The van der Waals surface area contributed by atoms with Crippen LogP contribution in [0.2, 0.25) is 5.02 Å². The molecule has 1 aromatic heterocycles. The zero-order chi connectivity index (χ0) is 22.2. The maximum atomic E-state index is 12.9. The first kappa shape index (κ1) is 21.6. The van der Waals surface area contributed by atoms with E-state index in [1.165, 1.54) is 10.6 Å². The van der Waals surface area contributed by atoms with Crippen LogP contribution in [0.15, 0.2) is 53.7 Å². The zero-order valence-corrected chi connectivity index (χ0v) is 17.5. The van der Waals surface area contributed by atoms with Crippen molar-refractivity contribution in [3.63, 3.8) is 0 Å². The molecule has 0 spiro atoms. The van der Waals surface area contributed by atoms with Gasteiger partial charge in [0.15, 0.2) is 0 Å². The normalized spacial score (nSPS) is 15.9. The Balaban J connectivity index is 1.48. The van der Waals surface area contributed by atoms with Gasteiger partial charge >= 0.3 is 6.36 Å². The molecule has 7 nitrogen and oxygen atoms in total. The molecule has 0 amide bonds. The Hall–Kier alpha value is -2.63. The van der Waals surface area contributed by atoms with Gasteiger partial charge in [-0.05, 0) is 42.5 Å². The van der Waals surface area contributed by atoms with Gasteiger partial charge in [-0.1, -0.05) is 11.6 Å². The molecule has 1 aliphatic heterocycles. The number of benzene rings is 2. The van der Waals surface area contributed by atoms with Gasteiger partial charge in [0, 0.05) is 36.6 Å². The van der Waals surface area contributed by atoms with Gasteiger partial charge in [-0.15, -0.1) is 13.2 Å². The van der Waals surface area contributed by atoms with E-state index in [0.29, 0.717) is 29.4 Å². The molecule has 0 bridgehead atoms. The van der Waals surface area contributed by atoms with Crippen LogP contribution in [0.1, 0.15) is 0 Å². The molecule has 0 saturated carbocycles. The van der Waals surface area contributed by atoms with Crippen molar-refractivity contribution in [2.75, 3.05) is 31.1 Å². The molecule has 0 atom stereocenters. The van der Waals surface area contributed by atoms with Crippen molar-refractivity contribution in [1.82, 2.24) is 14.3 Å². The van der Waals surface area contributed by atoms with Crippen LogP contribution in [0.5, 0.6) is 5.75 Å². The Morgan fingerprint density at radius 1 is 0.968 bits per heavy atom. The Morgan fingerprint density at radius 3 is 2.29 bits per heavy atom. The third kappa shape index (κ3) is 4.68.